The number of alkyl carbamates (subject to hydrolysis) is 1. The van der Waals surface area contributed by atoms with Crippen molar-refractivity contribution in [3.63, 3.8) is 0 Å². The Morgan fingerprint density at radius 1 is 0.964 bits per heavy atom. The second kappa shape index (κ2) is 7.26. The molecule has 0 saturated heterocycles. The van der Waals surface area contributed by atoms with Crippen molar-refractivity contribution in [3.8, 4) is 11.1 Å². The third-order valence-corrected chi connectivity index (χ3v) is 5.65. The molecule has 2 aliphatic carbocycles. The normalized spacial score (nSPS) is 25.8. The van der Waals surface area contributed by atoms with E-state index in [1.54, 1.807) is 0 Å². The summed E-state index contributed by atoms with van der Waals surface area (Å²) < 4.78 is 5.39. The number of fused-ring (bicyclic) bond motifs is 3. The van der Waals surface area contributed by atoms with Crippen LogP contribution < -0.4 is 5.32 Å². The second-order valence-electron chi connectivity index (χ2n) is 7.24. The van der Waals surface area contributed by atoms with Crippen LogP contribution in [0.3, 0.4) is 0 Å². The Balaban J connectivity index is 1.43. The maximum atomic E-state index is 12.2. The number of ether oxygens (including phenoxy) is 1. The number of nitrogens with one attached hydrogen (secondary N) is 1. The molecule has 7 nitrogen and oxygen atoms in total. The van der Waals surface area contributed by atoms with Crippen molar-refractivity contribution in [1.29, 1.82) is 0 Å². The molecule has 2 aromatic rings. The number of rotatable bonds is 4. The fourth-order valence-electron chi connectivity index (χ4n) is 4.21. The summed E-state index contributed by atoms with van der Waals surface area (Å²) in [6.45, 7) is 0.119. The lowest BCUT2D eigenvalue weighted by Crippen LogP contribution is -2.43. The molecule has 0 bridgehead atoms. The minimum atomic E-state index is -1.42. The number of aliphatic hydroxyl groups is 2. The fourth-order valence-corrected chi connectivity index (χ4v) is 4.21. The molecule has 1 amide bonds. The molecule has 7 heteroatoms. The number of amides is 1. The zero-order chi connectivity index (χ0) is 19.8. The van der Waals surface area contributed by atoms with Crippen molar-refractivity contribution in [2.45, 2.75) is 30.6 Å². The van der Waals surface area contributed by atoms with Gasteiger partial charge in [0.1, 0.15) is 12.7 Å². The van der Waals surface area contributed by atoms with Gasteiger partial charge >= 0.3 is 12.1 Å². The van der Waals surface area contributed by atoms with Gasteiger partial charge in [0.2, 0.25) is 0 Å². The Morgan fingerprint density at radius 2 is 1.54 bits per heavy atom. The van der Waals surface area contributed by atoms with Crippen LogP contribution in [0.25, 0.3) is 11.1 Å². The van der Waals surface area contributed by atoms with Gasteiger partial charge in [-0.3, -0.25) is 4.79 Å². The third-order valence-electron chi connectivity index (χ3n) is 5.65. The van der Waals surface area contributed by atoms with Crippen LogP contribution in [-0.2, 0) is 9.53 Å². The summed E-state index contributed by atoms with van der Waals surface area (Å²) in [4.78, 5) is 23.3. The third kappa shape index (κ3) is 3.12. The van der Waals surface area contributed by atoms with Crippen LogP contribution in [0.2, 0.25) is 0 Å². The average molecular weight is 383 g/mol. The van der Waals surface area contributed by atoms with E-state index in [0.29, 0.717) is 0 Å². The zero-order valence-electron chi connectivity index (χ0n) is 15.0. The molecule has 0 aromatic heterocycles. The fraction of sp³-hybridized carbons (Fsp3) is 0.333. The van der Waals surface area contributed by atoms with Crippen molar-refractivity contribution in [3.05, 3.63) is 59.7 Å². The van der Waals surface area contributed by atoms with Gasteiger partial charge in [-0.25, -0.2) is 4.79 Å². The van der Waals surface area contributed by atoms with Gasteiger partial charge in [0.15, 0.2) is 0 Å². The Labute approximate surface area is 161 Å². The lowest BCUT2D eigenvalue weighted by Gasteiger charge is -2.19. The van der Waals surface area contributed by atoms with Crippen molar-refractivity contribution in [2.24, 2.45) is 5.92 Å². The van der Waals surface area contributed by atoms with E-state index in [-0.39, 0.29) is 18.9 Å². The Hall–Kier alpha value is -2.90. The van der Waals surface area contributed by atoms with Crippen LogP contribution in [0.1, 0.15) is 23.5 Å². The molecular weight excluding hydrogens is 362 g/mol. The zero-order valence-corrected chi connectivity index (χ0v) is 15.0. The van der Waals surface area contributed by atoms with Gasteiger partial charge in [-0.05, 0) is 28.7 Å². The molecule has 0 aliphatic heterocycles. The van der Waals surface area contributed by atoms with Gasteiger partial charge in [0, 0.05) is 5.92 Å². The minimum absolute atomic E-state index is 0.0537. The first-order chi connectivity index (χ1) is 13.5. The summed E-state index contributed by atoms with van der Waals surface area (Å²) in [5.74, 6) is -2.42. The molecule has 1 saturated carbocycles. The monoisotopic (exact) mass is 383 g/mol. The van der Waals surface area contributed by atoms with Crippen molar-refractivity contribution >= 4 is 12.1 Å². The van der Waals surface area contributed by atoms with Crippen LogP contribution in [-0.4, -0.2) is 52.2 Å². The smallest absolute Gasteiger partial charge is 0.407 e. The summed E-state index contributed by atoms with van der Waals surface area (Å²) in [6, 6.07) is 15.1. The number of benzene rings is 2. The number of aliphatic carboxylic acids is 1. The number of aliphatic hydroxyl groups excluding tert-OH is 2. The van der Waals surface area contributed by atoms with Crippen molar-refractivity contribution < 1.29 is 29.6 Å². The summed E-state index contributed by atoms with van der Waals surface area (Å²) in [6.07, 6.45) is -3.57. The molecule has 0 radical (unpaired) electrons. The average Bonchev–Trinajstić information content (AvgIpc) is 3.16. The first-order valence-electron chi connectivity index (χ1n) is 9.18. The highest BCUT2D eigenvalue weighted by molar-refractivity contribution is 5.79. The molecule has 0 spiro atoms. The predicted molar refractivity (Wildman–Crippen MR) is 99.7 cm³/mol. The lowest BCUT2D eigenvalue weighted by atomic mass is 9.98. The number of carbonyl (C=O) groups is 2. The maximum absolute atomic E-state index is 12.2. The van der Waals surface area contributed by atoms with Gasteiger partial charge in [-0.15, -0.1) is 0 Å². The molecule has 146 valence electrons. The predicted octanol–water partition coefficient (Wildman–Crippen LogP) is 1.72. The lowest BCUT2D eigenvalue weighted by molar-refractivity contribution is -0.145. The molecule has 4 N–H and O–H groups in total. The van der Waals surface area contributed by atoms with Crippen molar-refractivity contribution in [1.82, 2.24) is 5.32 Å². The van der Waals surface area contributed by atoms with Crippen LogP contribution >= 0.6 is 0 Å². The molecule has 4 atom stereocenters. The van der Waals surface area contributed by atoms with Crippen LogP contribution in [0.5, 0.6) is 0 Å². The quantitative estimate of drug-likeness (QED) is 0.639. The van der Waals surface area contributed by atoms with Crippen LogP contribution in [0.4, 0.5) is 4.79 Å². The number of hydrogen-bond acceptors (Lipinski definition) is 5. The molecule has 1 fully saturated rings. The summed E-state index contributed by atoms with van der Waals surface area (Å²) in [5.41, 5.74) is 4.40. The van der Waals surface area contributed by atoms with E-state index in [2.05, 4.69) is 5.32 Å². The number of carboxylic acids is 1. The van der Waals surface area contributed by atoms with Crippen LogP contribution in [0.15, 0.2) is 48.5 Å². The number of hydrogen-bond donors (Lipinski definition) is 4. The molecule has 0 heterocycles. The maximum Gasteiger partial charge on any atom is 0.407 e. The standard InChI is InChI=1S/C21H21NO6/c23-18-15(20(25)26)9-17(19(18)24)22-21(27)28-10-16-13-7-3-1-5-11(13)12-6-2-4-8-14(12)16/h1-8,15-19,23-24H,9-10H2,(H,22,27)(H,25,26)/t15-,17+,18-,19-/m1/s1. The van der Waals surface area contributed by atoms with Crippen molar-refractivity contribution in [2.75, 3.05) is 6.61 Å². The summed E-state index contributed by atoms with van der Waals surface area (Å²) >= 11 is 0. The Kier molecular flexibility index (Phi) is 4.78. The summed E-state index contributed by atoms with van der Waals surface area (Å²) in [5, 5.41) is 31.3. The molecule has 0 unspecified atom stereocenters. The van der Waals surface area contributed by atoms with E-state index < -0.39 is 36.2 Å². The molecule has 2 aliphatic rings. The van der Waals surface area contributed by atoms with Gasteiger partial charge < -0.3 is 25.4 Å². The topological polar surface area (TPSA) is 116 Å². The van der Waals surface area contributed by atoms with E-state index in [0.717, 1.165) is 22.3 Å². The van der Waals surface area contributed by atoms with Gasteiger partial charge in [-0.2, -0.15) is 0 Å². The number of carbonyl (C=O) groups excluding carboxylic acids is 1. The van der Waals surface area contributed by atoms with Gasteiger partial charge in [0.25, 0.3) is 0 Å². The highest BCUT2D eigenvalue weighted by Crippen LogP contribution is 2.44. The minimum Gasteiger partial charge on any atom is -0.481 e. The second-order valence-corrected chi connectivity index (χ2v) is 7.24. The Morgan fingerprint density at radius 3 is 2.07 bits per heavy atom. The highest BCUT2D eigenvalue weighted by atomic mass is 16.5. The largest absolute Gasteiger partial charge is 0.481 e. The van der Waals surface area contributed by atoms with E-state index in [9.17, 15) is 19.8 Å². The molecule has 4 rings (SSSR count). The molecular formula is C21H21NO6. The van der Waals surface area contributed by atoms with Gasteiger partial charge in [0.05, 0.1) is 18.1 Å². The van der Waals surface area contributed by atoms with Crippen LogP contribution in [0, 0.1) is 5.92 Å². The Bertz CT molecular complexity index is 868. The highest BCUT2D eigenvalue weighted by Gasteiger charge is 2.46. The first-order valence-corrected chi connectivity index (χ1v) is 9.18. The van der Waals surface area contributed by atoms with E-state index in [4.69, 9.17) is 9.84 Å². The van der Waals surface area contributed by atoms with E-state index in [1.165, 1.54) is 0 Å². The molecule has 28 heavy (non-hydrogen) atoms. The SMILES string of the molecule is O=C(N[C@H]1C[C@@H](C(=O)O)[C@@H](O)[C@@H]1O)OCC1c2ccccc2-c2ccccc21. The summed E-state index contributed by atoms with van der Waals surface area (Å²) in [7, 11) is 0. The first kappa shape index (κ1) is 18.5. The molecule has 2 aromatic carbocycles. The number of carboxylic acid groups (broad SMARTS) is 1. The van der Waals surface area contributed by atoms with E-state index >= 15 is 0 Å². The van der Waals surface area contributed by atoms with Gasteiger partial charge in [-0.1, -0.05) is 48.5 Å². The van der Waals surface area contributed by atoms with E-state index in [1.807, 2.05) is 48.5 Å².